The molecule has 20 heavy (non-hydrogen) atoms. The Morgan fingerprint density at radius 1 is 1.10 bits per heavy atom. The highest BCUT2D eigenvalue weighted by Gasteiger charge is 2.18. The Morgan fingerprint density at radius 2 is 1.75 bits per heavy atom. The monoisotopic (exact) mass is 352 g/mol. The SMILES string of the molecule is CCOc1ccccc1C(Br)c1cc(C)c(C)cc1Cl. The minimum Gasteiger partial charge on any atom is -0.494 e. The fourth-order valence-corrected chi connectivity index (χ4v) is 3.36. The van der Waals surface area contributed by atoms with Crippen LogP contribution in [-0.4, -0.2) is 6.61 Å². The number of hydrogen-bond acceptors (Lipinski definition) is 1. The summed E-state index contributed by atoms with van der Waals surface area (Å²) in [6, 6.07) is 12.2. The number of alkyl halides is 1. The molecule has 0 N–H and O–H groups in total. The molecular weight excluding hydrogens is 336 g/mol. The highest BCUT2D eigenvalue weighted by atomic mass is 79.9. The van der Waals surface area contributed by atoms with E-state index in [4.69, 9.17) is 16.3 Å². The Morgan fingerprint density at radius 3 is 2.45 bits per heavy atom. The predicted octanol–water partition coefficient (Wildman–Crippen LogP) is 5.84. The third-order valence-electron chi connectivity index (χ3n) is 3.38. The van der Waals surface area contributed by atoms with Gasteiger partial charge in [0, 0.05) is 10.6 Å². The summed E-state index contributed by atoms with van der Waals surface area (Å²) in [5.74, 6) is 0.895. The number of benzene rings is 2. The van der Waals surface area contributed by atoms with E-state index in [1.54, 1.807) is 0 Å². The van der Waals surface area contributed by atoms with E-state index in [1.807, 2.05) is 31.2 Å². The van der Waals surface area contributed by atoms with E-state index in [9.17, 15) is 0 Å². The zero-order valence-corrected chi connectivity index (χ0v) is 14.3. The predicted molar refractivity (Wildman–Crippen MR) is 89.3 cm³/mol. The van der Waals surface area contributed by atoms with Gasteiger partial charge in [0.25, 0.3) is 0 Å². The topological polar surface area (TPSA) is 9.23 Å². The highest BCUT2D eigenvalue weighted by Crippen LogP contribution is 2.40. The Balaban J connectivity index is 2.46. The standard InChI is InChI=1S/C17H18BrClO/c1-4-20-16-8-6-5-7-13(16)17(18)14-9-11(2)12(3)10-15(14)19/h5-10,17H,4H2,1-3H3. The molecule has 0 radical (unpaired) electrons. The lowest BCUT2D eigenvalue weighted by Gasteiger charge is -2.18. The Hall–Kier alpha value is -0.990. The highest BCUT2D eigenvalue weighted by molar-refractivity contribution is 9.09. The van der Waals surface area contributed by atoms with Crippen molar-refractivity contribution in [1.82, 2.24) is 0 Å². The van der Waals surface area contributed by atoms with E-state index in [0.29, 0.717) is 6.61 Å². The lowest BCUT2D eigenvalue weighted by molar-refractivity contribution is 0.337. The van der Waals surface area contributed by atoms with Gasteiger partial charge in [0.2, 0.25) is 0 Å². The first kappa shape index (κ1) is 15.4. The number of ether oxygens (including phenoxy) is 1. The van der Waals surface area contributed by atoms with Gasteiger partial charge in [-0.3, -0.25) is 0 Å². The van der Waals surface area contributed by atoms with Crippen molar-refractivity contribution in [3.8, 4) is 5.75 Å². The second kappa shape index (κ2) is 6.64. The van der Waals surface area contributed by atoms with Gasteiger partial charge in [0.15, 0.2) is 0 Å². The van der Waals surface area contributed by atoms with Gasteiger partial charge in [-0.1, -0.05) is 51.8 Å². The molecule has 1 unspecified atom stereocenters. The molecule has 0 amide bonds. The van der Waals surface area contributed by atoms with E-state index in [-0.39, 0.29) is 4.83 Å². The zero-order chi connectivity index (χ0) is 14.7. The molecule has 0 aromatic heterocycles. The van der Waals surface area contributed by atoms with Gasteiger partial charge in [0.1, 0.15) is 5.75 Å². The summed E-state index contributed by atoms with van der Waals surface area (Å²) in [6.45, 7) is 6.81. The second-order valence-electron chi connectivity index (χ2n) is 4.79. The average molecular weight is 354 g/mol. The third-order valence-corrected chi connectivity index (χ3v) is 4.69. The maximum absolute atomic E-state index is 6.40. The molecule has 0 saturated heterocycles. The molecule has 2 aromatic rings. The number of halogens is 2. The molecule has 2 rings (SSSR count). The van der Waals surface area contributed by atoms with Crippen molar-refractivity contribution in [1.29, 1.82) is 0 Å². The lowest BCUT2D eigenvalue weighted by Crippen LogP contribution is -2.01. The van der Waals surface area contributed by atoms with Crippen LogP contribution in [0.15, 0.2) is 36.4 Å². The fraction of sp³-hybridized carbons (Fsp3) is 0.294. The van der Waals surface area contributed by atoms with Gasteiger partial charge >= 0.3 is 0 Å². The smallest absolute Gasteiger partial charge is 0.123 e. The van der Waals surface area contributed by atoms with E-state index in [0.717, 1.165) is 21.9 Å². The van der Waals surface area contributed by atoms with Crippen molar-refractivity contribution in [3.05, 3.63) is 63.7 Å². The van der Waals surface area contributed by atoms with Gasteiger partial charge < -0.3 is 4.74 Å². The fourth-order valence-electron chi connectivity index (χ4n) is 2.14. The van der Waals surface area contributed by atoms with Crippen LogP contribution in [0.5, 0.6) is 5.75 Å². The van der Waals surface area contributed by atoms with E-state index < -0.39 is 0 Å². The molecule has 0 spiro atoms. The molecule has 106 valence electrons. The first-order valence-electron chi connectivity index (χ1n) is 6.67. The summed E-state index contributed by atoms with van der Waals surface area (Å²) in [7, 11) is 0. The lowest BCUT2D eigenvalue weighted by atomic mass is 9.99. The van der Waals surface area contributed by atoms with Crippen LogP contribution in [0.25, 0.3) is 0 Å². The van der Waals surface area contributed by atoms with Crippen LogP contribution in [0.3, 0.4) is 0 Å². The van der Waals surface area contributed by atoms with Crippen LogP contribution in [-0.2, 0) is 0 Å². The van der Waals surface area contributed by atoms with Crippen molar-refractivity contribution in [2.24, 2.45) is 0 Å². The molecule has 1 atom stereocenters. The molecular formula is C17H18BrClO. The van der Waals surface area contributed by atoms with Crippen LogP contribution >= 0.6 is 27.5 Å². The molecule has 0 aliphatic carbocycles. The van der Waals surface area contributed by atoms with E-state index >= 15 is 0 Å². The van der Waals surface area contributed by atoms with Crippen molar-refractivity contribution >= 4 is 27.5 Å². The molecule has 0 aliphatic rings. The Kier molecular flexibility index (Phi) is 5.11. The van der Waals surface area contributed by atoms with Crippen LogP contribution in [0.2, 0.25) is 5.02 Å². The van der Waals surface area contributed by atoms with Gasteiger partial charge in [-0.15, -0.1) is 0 Å². The van der Waals surface area contributed by atoms with Crippen molar-refractivity contribution in [3.63, 3.8) is 0 Å². The van der Waals surface area contributed by atoms with Gasteiger partial charge in [-0.25, -0.2) is 0 Å². The quantitative estimate of drug-likeness (QED) is 0.627. The molecule has 3 heteroatoms. The molecule has 0 saturated carbocycles. The van der Waals surface area contributed by atoms with Crippen molar-refractivity contribution in [2.75, 3.05) is 6.61 Å². The van der Waals surface area contributed by atoms with E-state index in [2.05, 4.69) is 41.9 Å². The molecule has 2 aromatic carbocycles. The van der Waals surface area contributed by atoms with Crippen LogP contribution in [0.1, 0.15) is 34.0 Å². The molecule has 0 bridgehead atoms. The second-order valence-corrected chi connectivity index (χ2v) is 6.11. The maximum Gasteiger partial charge on any atom is 0.123 e. The van der Waals surface area contributed by atoms with Gasteiger partial charge in [-0.2, -0.15) is 0 Å². The van der Waals surface area contributed by atoms with Crippen LogP contribution < -0.4 is 4.74 Å². The molecule has 1 nitrogen and oxygen atoms in total. The number of para-hydroxylation sites is 1. The minimum absolute atomic E-state index is 0.0250. The summed E-state index contributed by atoms with van der Waals surface area (Å²) in [4.78, 5) is 0.0250. The number of aryl methyl sites for hydroxylation is 2. The summed E-state index contributed by atoms with van der Waals surface area (Å²) in [5, 5.41) is 0.779. The molecule has 0 aliphatic heterocycles. The van der Waals surface area contributed by atoms with Crippen molar-refractivity contribution < 1.29 is 4.74 Å². The van der Waals surface area contributed by atoms with E-state index in [1.165, 1.54) is 11.1 Å². The first-order chi connectivity index (χ1) is 9.54. The van der Waals surface area contributed by atoms with Gasteiger partial charge in [0.05, 0.1) is 11.4 Å². The molecule has 0 heterocycles. The minimum atomic E-state index is 0.0250. The average Bonchev–Trinajstić information content (AvgIpc) is 2.43. The first-order valence-corrected chi connectivity index (χ1v) is 7.96. The van der Waals surface area contributed by atoms with Gasteiger partial charge in [-0.05, 0) is 49.6 Å². The summed E-state index contributed by atoms with van der Waals surface area (Å²) >= 11 is 10.2. The summed E-state index contributed by atoms with van der Waals surface area (Å²) in [6.07, 6.45) is 0. The maximum atomic E-state index is 6.40. The summed E-state index contributed by atoms with van der Waals surface area (Å²) < 4.78 is 5.70. The molecule has 0 fully saturated rings. The van der Waals surface area contributed by atoms with Crippen LogP contribution in [0, 0.1) is 13.8 Å². The largest absolute Gasteiger partial charge is 0.494 e. The normalized spacial score (nSPS) is 12.2. The Labute approximate surface area is 134 Å². The van der Waals surface area contributed by atoms with Crippen molar-refractivity contribution in [2.45, 2.75) is 25.6 Å². The zero-order valence-electron chi connectivity index (χ0n) is 11.9. The third kappa shape index (κ3) is 3.18. The number of hydrogen-bond donors (Lipinski definition) is 0. The van der Waals surface area contributed by atoms with Crippen LogP contribution in [0.4, 0.5) is 0 Å². The number of rotatable bonds is 4. The Bertz CT molecular complexity index is 610. The summed E-state index contributed by atoms with van der Waals surface area (Å²) in [5.41, 5.74) is 4.61.